The van der Waals surface area contributed by atoms with E-state index in [4.69, 9.17) is 3.07 Å². The van der Waals surface area contributed by atoms with Crippen molar-refractivity contribution in [1.82, 2.24) is 0 Å². The fraction of sp³-hybridized carbons (Fsp3) is 0.294. The maximum Gasteiger partial charge on any atom is 0.192 e. The summed E-state index contributed by atoms with van der Waals surface area (Å²) in [5.41, 5.74) is 6.24. The predicted octanol–water partition coefficient (Wildman–Crippen LogP) is 4.97. The van der Waals surface area contributed by atoms with Crippen molar-refractivity contribution < 1.29 is 3.07 Å². The second-order valence-corrected chi connectivity index (χ2v) is 5.97. The molecule has 0 fully saturated rings. The first kappa shape index (κ1) is 14.5. The van der Waals surface area contributed by atoms with Crippen LogP contribution in [-0.2, 0) is 0 Å². The van der Waals surface area contributed by atoms with E-state index >= 15 is 0 Å². The Morgan fingerprint density at radius 1 is 1.05 bits per heavy atom. The smallest absolute Gasteiger partial charge is 0.192 e. The van der Waals surface area contributed by atoms with Gasteiger partial charge < -0.3 is 12.9 Å². The maximum atomic E-state index is 5.46. The van der Waals surface area contributed by atoms with Crippen molar-refractivity contribution in [2.75, 3.05) is 16.8 Å². The van der Waals surface area contributed by atoms with E-state index in [-0.39, 0.29) is 6.17 Å². The average molecular weight is 394 g/mol. The van der Waals surface area contributed by atoms with E-state index in [1.807, 2.05) is 29.1 Å². The maximum absolute atomic E-state index is 5.46. The molecule has 0 amide bonds. The lowest BCUT2D eigenvalue weighted by Gasteiger charge is -2.29. The van der Waals surface area contributed by atoms with E-state index in [1.54, 1.807) is 0 Å². The minimum absolute atomic E-state index is 0.282. The minimum atomic E-state index is 0.282. The largest absolute Gasteiger partial charge is 0.427 e. The van der Waals surface area contributed by atoms with Gasteiger partial charge in [0.05, 0.1) is 11.4 Å². The molecular formula is C17H19IN2O. The first-order valence-corrected chi connectivity index (χ1v) is 7.94. The van der Waals surface area contributed by atoms with Crippen LogP contribution in [0.25, 0.3) is 0 Å². The van der Waals surface area contributed by atoms with Crippen LogP contribution < -0.4 is 12.9 Å². The number of fused-ring (bicyclic) bond motifs is 1. The molecule has 0 N–H and O–H groups in total. The first-order valence-electron chi connectivity index (χ1n) is 7.06. The van der Waals surface area contributed by atoms with Crippen molar-refractivity contribution in [3.8, 4) is 5.75 Å². The summed E-state index contributed by atoms with van der Waals surface area (Å²) in [5.74, 6) is 0.921. The third kappa shape index (κ3) is 2.16. The molecule has 0 aliphatic carbocycles. The molecule has 3 rings (SSSR count). The van der Waals surface area contributed by atoms with Crippen molar-refractivity contribution in [2.45, 2.75) is 26.9 Å². The molecule has 3 nitrogen and oxygen atoms in total. The van der Waals surface area contributed by atoms with Gasteiger partial charge in [-0.3, -0.25) is 0 Å². The minimum Gasteiger partial charge on any atom is -0.427 e. The van der Waals surface area contributed by atoms with Gasteiger partial charge in [0.15, 0.2) is 23.0 Å². The number of aryl methyl sites for hydroxylation is 1. The molecule has 0 unspecified atom stereocenters. The number of rotatable bonds is 2. The number of benzene rings is 2. The summed E-state index contributed by atoms with van der Waals surface area (Å²) in [6.07, 6.45) is 0.282. The zero-order valence-electron chi connectivity index (χ0n) is 12.7. The van der Waals surface area contributed by atoms with Crippen LogP contribution in [0.2, 0.25) is 0 Å². The van der Waals surface area contributed by atoms with Crippen LogP contribution in [0.5, 0.6) is 5.75 Å². The van der Waals surface area contributed by atoms with Crippen molar-refractivity contribution >= 4 is 40.1 Å². The van der Waals surface area contributed by atoms with Gasteiger partial charge in [-0.2, -0.15) is 0 Å². The lowest BCUT2D eigenvalue weighted by atomic mass is 10.1. The Morgan fingerprint density at radius 3 is 2.43 bits per heavy atom. The van der Waals surface area contributed by atoms with Gasteiger partial charge in [0, 0.05) is 18.3 Å². The SMILES string of the molecule is Cc1cccc2c1N(c1cccc(OI)c1C)[C@@H](C)N2C. The van der Waals surface area contributed by atoms with Crippen molar-refractivity contribution in [2.24, 2.45) is 0 Å². The zero-order chi connectivity index (χ0) is 15.1. The Labute approximate surface area is 140 Å². The summed E-state index contributed by atoms with van der Waals surface area (Å²) in [6, 6.07) is 12.7. The highest BCUT2D eigenvalue weighted by molar-refractivity contribution is 14.1. The van der Waals surface area contributed by atoms with Crippen LogP contribution in [0.3, 0.4) is 0 Å². The highest BCUT2D eigenvalue weighted by Gasteiger charge is 2.33. The number of halogens is 1. The molecule has 2 aromatic carbocycles. The quantitative estimate of drug-likeness (QED) is 0.670. The molecule has 0 bridgehead atoms. The molecule has 4 heteroatoms. The monoisotopic (exact) mass is 394 g/mol. The molecule has 0 spiro atoms. The fourth-order valence-corrected chi connectivity index (χ4v) is 3.55. The Balaban J connectivity index is 2.21. The standard InChI is InChI=1S/C17H19IN2O/c1-11-7-5-9-15-17(11)20(13(3)19(15)4)14-8-6-10-16(21-18)12(14)2/h5-10,13H,1-4H3/t13-/m0/s1. The van der Waals surface area contributed by atoms with Gasteiger partial charge in [-0.15, -0.1) is 0 Å². The second-order valence-electron chi connectivity index (χ2n) is 5.53. The van der Waals surface area contributed by atoms with Gasteiger partial charge in [-0.05, 0) is 44.5 Å². The summed E-state index contributed by atoms with van der Waals surface area (Å²) in [6.45, 7) is 6.52. The van der Waals surface area contributed by atoms with Crippen LogP contribution >= 0.6 is 23.0 Å². The number of nitrogens with zero attached hydrogens (tertiary/aromatic N) is 2. The lowest BCUT2D eigenvalue weighted by molar-refractivity contribution is 0.700. The average Bonchev–Trinajstić information content (AvgIpc) is 2.74. The highest BCUT2D eigenvalue weighted by atomic mass is 127. The van der Waals surface area contributed by atoms with Gasteiger partial charge in [0.25, 0.3) is 0 Å². The molecule has 1 aliphatic heterocycles. The van der Waals surface area contributed by atoms with E-state index in [2.05, 4.69) is 68.0 Å². The summed E-state index contributed by atoms with van der Waals surface area (Å²) in [5, 5.41) is 0. The summed E-state index contributed by atoms with van der Waals surface area (Å²) in [7, 11) is 2.15. The Kier molecular flexibility index (Phi) is 3.73. The van der Waals surface area contributed by atoms with Gasteiger partial charge in [0.1, 0.15) is 11.9 Å². The molecule has 1 aliphatic rings. The van der Waals surface area contributed by atoms with Gasteiger partial charge in [0.2, 0.25) is 0 Å². The van der Waals surface area contributed by atoms with Crippen LogP contribution in [0.4, 0.5) is 17.1 Å². The van der Waals surface area contributed by atoms with E-state index in [0.717, 1.165) is 5.75 Å². The van der Waals surface area contributed by atoms with E-state index in [9.17, 15) is 0 Å². The molecule has 21 heavy (non-hydrogen) atoms. The number of hydrogen-bond donors (Lipinski definition) is 0. The van der Waals surface area contributed by atoms with Crippen LogP contribution in [-0.4, -0.2) is 13.2 Å². The third-order valence-corrected chi connectivity index (χ3v) is 4.84. The number of para-hydroxylation sites is 1. The molecule has 0 saturated carbocycles. The topological polar surface area (TPSA) is 15.7 Å². The van der Waals surface area contributed by atoms with E-state index in [1.165, 1.54) is 28.2 Å². The summed E-state index contributed by atoms with van der Waals surface area (Å²) < 4.78 is 5.46. The van der Waals surface area contributed by atoms with Gasteiger partial charge >= 0.3 is 0 Å². The lowest BCUT2D eigenvalue weighted by Crippen LogP contribution is -2.36. The van der Waals surface area contributed by atoms with E-state index in [0.29, 0.717) is 0 Å². The summed E-state index contributed by atoms with van der Waals surface area (Å²) >= 11 is 1.95. The van der Waals surface area contributed by atoms with Gasteiger partial charge in [-0.25, -0.2) is 0 Å². The number of anilines is 3. The molecule has 0 radical (unpaired) electrons. The normalized spacial score (nSPS) is 17.1. The Morgan fingerprint density at radius 2 is 1.71 bits per heavy atom. The van der Waals surface area contributed by atoms with Gasteiger partial charge in [-0.1, -0.05) is 18.2 Å². The van der Waals surface area contributed by atoms with Crippen LogP contribution in [0.15, 0.2) is 36.4 Å². The van der Waals surface area contributed by atoms with Crippen molar-refractivity contribution in [3.05, 3.63) is 47.5 Å². The molecular weight excluding hydrogens is 375 g/mol. The molecule has 110 valence electrons. The molecule has 2 aromatic rings. The zero-order valence-corrected chi connectivity index (χ0v) is 14.9. The Bertz CT molecular complexity index is 686. The molecule has 1 heterocycles. The van der Waals surface area contributed by atoms with Crippen LogP contribution in [0.1, 0.15) is 18.1 Å². The number of hydrogen-bond acceptors (Lipinski definition) is 3. The summed E-state index contributed by atoms with van der Waals surface area (Å²) in [4.78, 5) is 4.72. The fourth-order valence-electron chi connectivity index (χ4n) is 3.07. The third-order valence-electron chi connectivity index (χ3n) is 4.37. The molecule has 0 aromatic heterocycles. The first-order chi connectivity index (χ1) is 10.1. The molecule has 0 saturated heterocycles. The highest BCUT2D eigenvalue weighted by Crippen LogP contribution is 2.47. The molecule has 1 atom stereocenters. The van der Waals surface area contributed by atoms with Crippen molar-refractivity contribution in [3.63, 3.8) is 0 Å². The Hall–Kier alpha value is -1.43. The van der Waals surface area contributed by atoms with E-state index < -0.39 is 0 Å². The van der Waals surface area contributed by atoms with Crippen LogP contribution in [0, 0.1) is 13.8 Å². The predicted molar refractivity (Wildman–Crippen MR) is 97.0 cm³/mol. The second kappa shape index (κ2) is 5.40. The van der Waals surface area contributed by atoms with Crippen molar-refractivity contribution in [1.29, 1.82) is 0 Å².